The second kappa shape index (κ2) is 5.67. The summed E-state index contributed by atoms with van der Waals surface area (Å²) >= 11 is 1.57. The highest BCUT2D eigenvalue weighted by molar-refractivity contribution is 8.01. The molecule has 0 bridgehead atoms. The van der Waals surface area contributed by atoms with Crippen LogP contribution in [0, 0.1) is 0 Å². The molecule has 7 nitrogen and oxygen atoms in total. The van der Waals surface area contributed by atoms with E-state index in [0.717, 1.165) is 5.75 Å². The molecule has 2 rings (SSSR count). The van der Waals surface area contributed by atoms with Gasteiger partial charge in [-0.25, -0.2) is 22.0 Å². The van der Waals surface area contributed by atoms with Crippen LogP contribution in [0.25, 0.3) is 0 Å². The monoisotopic (exact) mass is 351 g/mol. The SMILES string of the molecule is CS(=O)(=O)C1CSCCN1c1ccc(S(N)(=O)=O)c(N)c1. The summed E-state index contributed by atoms with van der Waals surface area (Å²) in [5.41, 5.74) is 6.32. The summed E-state index contributed by atoms with van der Waals surface area (Å²) in [6.45, 7) is 0.552. The van der Waals surface area contributed by atoms with Crippen molar-refractivity contribution >= 4 is 43.0 Å². The fourth-order valence-corrected chi connectivity index (χ4v) is 5.69. The summed E-state index contributed by atoms with van der Waals surface area (Å²) in [7, 11) is -7.14. The van der Waals surface area contributed by atoms with E-state index in [1.807, 2.05) is 0 Å². The lowest BCUT2D eigenvalue weighted by molar-refractivity contribution is 0.584. The van der Waals surface area contributed by atoms with E-state index in [4.69, 9.17) is 10.9 Å². The van der Waals surface area contributed by atoms with E-state index >= 15 is 0 Å². The maximum absolute atomic E-state index is 11.9. The first kappa shape index (κ1) is 16.4. The number of benzene rings is 1. The molecule has 4 N–H and O–H groups in total. The van der Waals surface area contributed by atoms with Gasteiger partial charge in [-0.1, -0.05) is 0 Å². The van der Waals surface area contributed by atoms with Crippen LogP contribution < -0.4 is 15.8 Å². The van der Waals surface area contributed by atoms with Crippen molar-refractivity contribution in [1.29, 1.82) is 0 Å². The Hall–Kier alpha value is -0.970. The van der Waals surface area contributed by atoms with E-state index in [1.165, 1.54) is 24.5 Å². The van der Waals surface area contributed by atoms with Crippen molar-refractivity contribution in [2.24, 2.45) is 5.14 Å². The topological polar surface area (TPSA) is 124 Å². The standard InChI is InChI=1S/C11H17N3O4S3/c1-20(15,16)11-7-19-5-4-14(11)8-2-3-10(9(12)6-8)21(13,17)18/h2-3,6,11H,4-5,7,12H2,1H3,(H2,13,17,18). The number of sulfonamides is 1. The molecular weight excluding hydrogens is 334 g/mol. The Morgan fingerprint density at radius 3 is 2.48 bits per heavy atom. The van der Waals surface area contributed by atoms with Gasteiger partial charge in [-0.15, -0.1) is 0 Å². The number of rotatable bonds is 3. The molecule has 118 valence electrons. The lowest BCUT2D eigenvalue weighted by Crippen LogP contribution is -2.47. The van der Waals surface area contributed by atoms with Crippen LogP contribution in [0.5, 0.6) is 0 Å². The molecule has 0 spiro atoms. The fraction of sp³-hybridized carbons (Fsp3) is 0.455. The fourth-order valence-electron chi connectivity index (χ4n) is 2.20. The van der Waals surface area contributed by atoms with Gasteiger partial charge in [0.15, 0.2) is 9.84 Å². The highest BCUT2D eigenvalue weighted by atomic mass is 32.2. The van der Waals surface area contributed by atoms with Gasteiger partial charge in [-0.05, 0) is 18.2 Å². The number of thioether (sulfide) groups is 1. The van der Waals surface area contributed by atoms with Crippen molar-refractivity contribution in [2.45, 2.75) is 10.3 Å². The van der Waals surface area contributed by atoms with Crippen molar-refractivity contribution in [3.05, 3.63) is 18.2 Å². The van der Waals surface area contributed by atoms with Gasteiger partial charge >= 0.3 is 0 Å². The molecular formula is C11H17N3O4S3. The molecule has 0 aromatic heterocycles. The predicted molar refractivity (Wildman–Crippen MR) is 85.5 cm³/mol. The minimum absolute atomic E-state index is 0.0143. The second-order valence-electron chi connectivity index (χ2n) is 4.82. The Morgan fingerprint density at radius 1 is 1.29 bits per heavy atom. The number of primary sulfonamides is 1. The first-order chi connectivity index (χ1) is 9.60. The van der Waals surface area contributed by atoms with Gasteiger partial charge in [-0.3, -0.25) is 0 Å². The molecule has 1 aliphatic heterocycles. The van der Waals surface area contributed by atoms with E-state index in [-0.39, 0.29) is 10.6 Å². The largest absolute Gasteiger partial charge is 0.398 e. The molecule has 0 aliphatic carbocycles. The molecule has 1 atom stereocenters. The first-order valence-corrected chi connectivity index (χ1v) is 10.7. The Kier molecular flexibility index (Phi) is 4.43. The zero-order valence-corrected chi connectivity index (χ0v) is 13.8. The van der Waals surface area contributed by atoms with Gasteiger partial charge in [-0.2, -0.15) is 11.8 Å². The summed E-state index contributed by atoms with van der Waals surface area (Å²) in [6.07, 6.45) is 1.19. The third kappa shape index (κ3) is 3.62. The van der Waals surface area contributed by atoms with Crippen molar-refractivity contribution in [2.75, 3.05) is 34.9 Å². The number of nitrogens with two attached hydrogens (primary N) is 2. The molecule has 21 heavy (non-hydrogen) atoms. The molecule has 1 aromatic rings. The maximum Gasteiger partial charge on any atom is 0.240 e. The normalized spacial score (nSPS) is 20.5. The summed E-state index contributed by atoms with van der Waals surface area (Å²) in [4.78, 5) is 1.57. The zero-order valence-electron chi connectivity index (χ0n) is 11.4. The molecule has 0 radical (unpaired) electrons. The smallest absolute Gasteiger partial charge is 0.240 e. The van der Waals surface area contributed by atoms with Crippen LogP contribution in [0.15, 0.2) is 23.1 Å². The van der Waals surface area contributed by atoms with Gasteiger partial charge < -0.3 is 10.6 Å². The number of nitrogens with zero attached hydrogens (tertiary/aromatic N) is 1. The number of sulfone groups is 1. The molecule has 0 saturated carbocycles. The minimum Gasteiger partial charge on any atom is -0.398 e. The lowest BCUT2D eigenvalue weighted by atomic mass is 10.2. The van der Waals surface area contributed by atoms with E-state index in [1.54, 1.807) is 16.7 Å². The molecule has 1 unspecified atom stereocenters. The second-order valence-corrected chi connectivity index (χ2v) is 9.70. The Morgan fingerprint density at radius 2 is 1.95 bits per heavy atom. The van der Waals surface area contributed by atoms with Crippen LogP contribution in [0.2, 0.25) is 0 Å². The third-order valence-electron chi connectivity index (χ3n) is 3.21. The van der Waals surface area contributed by atoms with Crippen molar-refractivity contribution in [3.8, 4) is 0 Å². The minimum atomic E-state index is -3.89. The van der Waals surface area contributed by atoms with Crippen LogP contribution in [0.4, 0.5) is 11.4 Å². The molecule has 1 aromatic carbocycles. The molecule has 1 fully saturated rings. The summed E-state index contributed by atoms with van der Waals surface area (Å²) in [5, 5.41) is 4.42. The first-order valence-electron chi connectivity index (χ1n) is 6.06. The summed E-state index contributed by atoms with van der Waals surface area (Å²) in [6, 6.07) is 4.29. The van der Waals surface area contributed by atoms with E-state index < -0.39 is 25.2 Å². The molecule has 10 heteroatoms. The van der Waals surface area contributed by atoms with E-state index in [0.29, 0.717) is 18.0 Å². The summed E-state index contributed by atoms with van der Waals surface area (Å²) < 4.78 is 46.5. The average Bonchev–Trinajstić information content (AvgIpc) is 2.36. The van der Waals surface area contributed by atoms with Gasteiger partial charge in [0, 0.05) is 30.0 Å². The maximum atomic E-state index is 11.9. The summed E-state index contributed by atoms with van der Waals surface area (Å²) in [5.74, 6) is 1.26. The van der Waals surface area contributed by atoms with Crippen LogP contribution in [-0.4, -0.2) is 46.5 Å². The van der Waals surface area contributed by atoms with Crippen LogP contribution in [-0.2, 0) is 19.9 Å². The molecule has 1 aliphatic rings. The number of nitrogen functional groups attached to an aromatic ring is 1. The van der Waals surface area contributed by atoms with Crippen LogP contribution in [0.3, 0.4) is 0 Å². The number of anilines is 2. The van der Waals surface area contributed by atoms with Crippen LogP contribution in [0.1, 0.15) is 0 Å². The molecule has 1 saturated heterocycles. The van der Waals surface area contributed by atoms with E-state index in [9.17, 15) is 16.8 Å². The van der Waals surface area contributed by atoms with Gasteiger partial charge in [0.05, 0.1) is 5.69 Å². The Bertz CT molecular complexity index is 746. The van der Waals surface area contributed by atoms with Gasteiger partial charge in [0.2, 0.25) is 10.0 Å². The Balaban J connectivity index is 2.43. The van der Waals surface area contributed by atoms with Crippen molar-refractivity contribution < 1.29 is 16.8 Å². The van der Waals surface area contributed by atoms with E-state index in [2.05, 4.69) is 0 Å². The average molecular weight is 351 g/mol. The highest BCUT2D eigenvalue weighted by Crippen LogP contribution is 2.30. The Labute approximate surface area is 128 Å². The van der Waals surface area contributed by atoms with Crippen molar-refractivity contribution in [1.82, 2.24) is 0 Å². The van der Waals surface area contributed by atoms with Gasteiger partial charge in [0.1, 0.15) is 10.3 Å². The predicted octanol–water partition coefficient (Wildman–Crippen LogP) is -0.160. The molecule has 1 heterocycles. The third-order valence-corrected chi connectivity index (χ3v) is 6.84. The molecule has 0 amide bonds. The van der Waals surface area contributed by atoms with Gasteiger partial charge in [0.25, 0.3) is 0 Å². The van der Waals surface area contributed by atoms with Crippen LogP contribution >= 0.6 is 11.8 Å². The highest BCUT2D eigenvalue weighted by Gasteiger charge is 2.31. The number of hydrogen-bond acceptors (Lipinski definition) is 7. The van der Waals surface area contributed by atoms with Crippen molar-refractivity contribution in [3.63, 3.8) is 0 Å². The zero-order chi connectivity index (χ0) is 15.8. The number of hydrogen-bond donors (Lipinski definition) is 2. The quantitative estimate of drug-likeness (QED) is 0.725. The lowest BCUT2D eigenvalue weighted by Gasteiger charge is -2.36.